The molecule has 0 fully saturated rings. The second-order valence-corrected chi connectivity index (χ2v) is 7.33. The molecule has 0 saturated heterocycles. The minimum absolute atomic E-state index is 0.0428. The van der Waals surface area contributed by atoms with Crippen LogP contribution in [0.5, 0.6) is 0 Å². The second-order valence-electron chi connectivity index (χ2n) is 5.81. The molecule has 0 aliphatic carbocycles. The number of alkyl halides is 2. The van der Waals surface area contributed by atoms with Crippen molar-refractivity contribution >= 4 is 68.7 Å². The third-order valence-corrected chi connectivity index (χ3v) is 5.15. The molecule has 2 aromatic rings. The number of aromatic nitrogens is 2. The summed E-state index contributed by atoms with van der Waals surface area (Å²) >= 11 is 3.82. The maximum Gasteiger partial charge on any atom is 0.356 e. The predicted molar refractivity (Wildman–Crippen MR) is 126 cm³/mol. The number of carbonyl (C=O) groups is 4. The minimum atomic E-state index is -0.676. The van der Waals surface area contributed by atoms with Crippen LogP contribution in [0.15, 0.2) is 24.3 Å². The second kappa shape index (κ2) is 11.4. The summed E-state index contributed by atoms with van der Waals surface area (Å²) in [7, 11) is 0. The Hall–Kier alpha value is -1.96. The SMILES string of the molecule is CCOC(=O)c1cc(-c2cc(C(=O)CI)nc(C(=O)OCC)c2)cc(C(=O)CI)n1. The molecule has 0 unspecified atom stereocenters. The number of rotatable bonds is 9. The van der Waals surface area contributed by atoms with Crippen LogP contribution in [0.4, 0.5) is 0 Å². The Morgan fingerprint density at radius 2 is 1.03 bits per heavy atom. The van der Waals surface area contributed by atoms with E-state index < -0.39 is 11.9 Å². The van der Waals surface area contributed by atoms with Crippen LogP contribution in [0.2, 0.25) is 0 Å². The van der Waals surface area contributed by atoms with Crippen LogP contribution in [0.25, 0.3) is 11.1 Å². The van der Waals surface area contributed by atoms with Gasteiger partial charge in [-0.1, -0.05) is 45.2 Å². The van der Waals surface area contributed by atoms with E-state index in [1.807, 2.05) is 45.2 Å². The molecule has 0 bridgehead atoms. The smallest absolute Gasteiger partial charge is 0.356 e. The number of halogens is 2. The van der Waals surface area contributed by atoms with Gasteiger partial charge in [-0.15, -0.1) is 0 Å². The summed E-state index contributed by atoms with van der Waals surface area (Å²) in [6.07, 6.45) is 0. The van der Waals surface area contributed by atoms with Crippen molar-refractivity contribution in [3.63, 3.8) is 0 Å². The minimum Gasteiger partial charge on any atom is -0.461 e. The molecule has 0 saturated carbocycles. The number of ketones is 2. The van der Waals surface area contributed by atoms with Gasteiger partial charge in [0.1, 0.15) is 22.8 Å². The van der Waals surface area contributed by atoms with Gasteiger partial charge in [-0.05, 0) is 49.2 Å². The molecule has 0 aromatic carbocycles. The summed E-state index contributed by atoms with van der Waals surface area (Å²) in [6, 6.07) is 5.91. The lowest BCUT2D eigenvalue weighted by Crippen LogP contribution is -2.13. The quantitative estimate of drug-likeness (QED) is 0.177. The molecule has 0 aliphatic rings. The molecule has 0 amide bonds. The Bertz CT molecular complexity index is 914. The summed E-state index contributed by atoms with van der Waals surface area (Å²) in [4.78, 5) is 57.2. The summed E-state index contributed by atoms with van der Waals surface area (Å²) in [5.74, 6) is -1.90. The molecule has 0 N–H and O–H groups in total. The van der Waals surface area contributed by atoms with Gasteiger partial charge in [0.05, 0.1) is 22.1 Å². The van der Waals surface area contributed by atoms with Gasteiger partial charge in [0, 0.05) is 0 Å². The summed E-state index contributed by atoms with van der Waals surface area (Å²) in [6.45, 7) is 3.62. The van der Waals surface area contributed by atoms with E-state index in [4.69, 9.17) is 9.47 Å². The van der Waals surface area contributed by atoms with Crippen LogP contribution < -0.4 is 0 Å². The fourth-order valence-corrected chi connectivity index (χ4v) is 3.22. The van der Waals surface area contributed by atoms with Crippen molar-refractivity contribution < 1.29 is 28.7 Å². The van der Waals surface area contributed by atoms with E-state index >= 15 is 0 Å². The lowest BCUT2D eigenvalue weighted by molar-refractivity contribution is 0.0509. The number of nitrogens with zero attached hydrogens (tertiary/aromatic N) is 2. The predicted octanol–water partition coefficient (Wildman–Crippen LogP) is 3.73. The normalized spacial score (nSPS) is 10.4. The first kappa shape index (κ1) is 24.3. The number of pyridine rings is 2. The molecule has 2 aromatic heterocycles. The average Bonchev–Trinajstić information content (AvgIpc) is 2.77. The van der Waals surface area contributed by atoms with Crippen LogP contribution in [0.1, 0.15) is 55.8 Å². The van der Waals surface area contributed by atoms with Gasteiger partial charge in [0.15, 0.2) is 11.6 Å². The maximum atomic E-state index is 12.2. The molecule has 10 heteroatoms. The van der Waals surface area contributed by atoms with Gasteiger partial charge in [-0.3, -0.25) is 9.59 Å². The van der Waals surface area contributed by atoms with E-state index in [1.165, 1.54) is 24.3 Å². The molecular formula is C20H18I2N2O6. The Labute approximate surface area is 200 Å². The van der Waals surface area contributed by atoms with Crippen molar-refractivity contribution in [2.24, 2.45) is 0 Å². The maximum absolute atomic E-state index is 12.2. The highest BCUT2D eigenvalue weighted by Crippen LogP contribution is 2.24. The first-order valence-corrected chi connectivity index (χ1v) is 12.0. The first-order valence-electron chi connectivity index (χ1n) is 8.91. The van der Waals surface area contributed by atoms with Crippen molar-refractivity contribution in [1.82, 2.24) is 9.97 Å². The third-order valence-electron chi connectivity index (χ3n) is 3.77. The van der Waals surface area contributed by atoms with Crippen molar-refractivity contribution in [3.05, 3.63) is 47.0 Å². The molecule has 158 valence electrons. The lowest BCUT2D eigenvalue weighted by Gasteiger charge is -2.11. The fourth-order valence-electron chi connectivity index (χ4n) is 2.44. The Morgan fingerprint density at radius 1 is 0.700 bits per heavy atom. The molecule has 0 aliphatic heterocycles. The largest absolute Gasteiger partial charge is 0.461 e. The number of hydrogen-bond acceptors (Lipinski definition) is 8. The summed E-state index contributed by atoms with van der Waals surface area (Å²) < 4.78 is 10.3. The van der Waals surface area contributed by atoms with Crippen LogP contribution >= 0.6 is 45.2 Å². The highest BCUT2D eigenvalue weighted by atomic mass is 127. The first-order chi connectivity index (χ1) is 14.3. The van der Waals surface area contributed by atoms with Gasteiger partial charge in [-0.25, -0.2) is 19.6 Å². The van der Waals surface area contributed by atoms with E-state index in [0.29, 0.717) is 11.1 Å². The van der Waals surface area contributed by atoms with Gasteiger partial charge < -0.3 is 9.47 Å². The zero-order chi connectivity index (χ0) is 22.3. The molecule has 0 radical (unpaired) electrons. The Kier molecular flexibility index (Phi) is 9.27. The van der Waals surface area contributed by atoms with Gasteiger partial charge in [0.25, 0.3) is 0 Å². The number of ether oxygens (including phenoxy) is 2. The van der Waals surface area contributed by atoms with E-state index in [0.717, 1.165) is 0 Å². The zero-order valence-corrected chi connectivity index (χ0v) is 20.6. The monoisotopic (exact) mass is 636 g/mol. The van der Waals surface area contributed by atoms with E-state index in [9.17, 15) is 19.2 Å². The van der Waals surface area contributed by atoms with Crippen molar-refractivity contribution in [2.45, 2.75) is 13.8 Å². The fraction of sp³-hybridized carbons (Fsp3) is 0.300. The van der Waals surface area contributed by atoms with Gasteiger partial charge in [0.2, 0.25) is 0 Å². The Balaban J connectivity index is 2.70. The van der Waals surface area contributed by atoms with Crippen LogP contribution in [-0.4, -0.2) is 55.5 Å². The van der Waals surface area contributed by atoms with Gasteiger partial charge >= 0.3 is 11.9 Å². The highest BCUT2D eigenvalue weighted by Gasteiger charge is 2.20. The molecule has 0 spiro atoms. The highest BCUT2D eigenvalue weighted by molar-refractivity contribution is 14.1. The van der Waals surface area contributed by atoms with Crippen LogP contribution in [0, 0.1) is 0 Å². The topological polar surface area (TPSA) is 113 Å². The molecule has 2 rings (SSSR count). The summed E-state index contributed by atoms with van der Waals surface area (Å²) in [5.41, 5.74) is 0.938. The van der Waals surface area contributed by atoms with Crippen molar-refractivity contribution in [2.75, 3.05) is 22.1 Å². The molecule has 8 nitrogen and oxygen atoms in total. The number of Topliss-reactive ketones (excluding diaryl/α,β-unsaturated/α-hetero) is 2. The molecule has 2 heterocycles. The molecular weight excluding hydrogens is 618 g/mol. The van der Waals surface area contributed by atoms with Crippen molar-refractivity contribution in [3.8, 4) is 11.1 Å². The van der Waals surface area contributed by atoms with Gasteiger partial charge in [-0.2, -0.15) is 0 Å². The third kappa shape index (κ3) is 6.03. The molecule has 30 heavy (non-hydrogen) atoms. The number of hydrogen-bond donors (Lipinski definition) is 0. The number of esters is 2. The van der Waals surface area contributed by atoms with Crippen LogP contribution in [-0.2, 0) is 9.47 Å². The van der Waals surface area contributed by atoms with Crippen molar-refractivity contribution in [1.29, 1.82) is 0 Å². The van der Waals surface area contributed by atoms with E-state index in [2.05, 4.69) is 9.97 Å². The average molecular weight is 636 g/mol. The molecule has 0 atom stereocenters. The summed E-state index contributed by atoms with van der Waals surface area (Å²) in [5, 5.41) is 0. The van der Waals surface area contributed by atoms with E-state index in [-0.39, 0.29) is 56.4 Å². The van der Waals surface area contributed by atoms with Crippen LogP contribution in [0.3, 0.4) is 0 Å². The lowest BCUT2D eigenvalue weighted by atomic mass is 10.0. The van der Waals surface area contributed by atoms with E-state index in [1.54, 1.807) is 13.8 Å². The standard InChI is InChI=1S/C20H18I2N2O6/c1-3-29-19(27)15-7-11(5-13(23-15)17(25)9-21)12-6-14(18(26)10-22)24-16(8-12)20(28)30-4-2/h5-8H,3-4,9-10H2,1-2H3. The Morgan fingerprint density at radius 3 is 1.33 bits per heavy atom. The zero-order valence-electron chi connectivity index (χ0n) is 16.2. The number of carbonyl (C=O) groups excluding carboxylic acids is 4.